The summed E-state index contributed by atoms with van der Waals surface area (Å²) in [4.78, 5) is 34.8. The van der Waals surface area contributed by atoms with Gasteiger partial charge >= 0.3 is 0 Å². The lowest BCUT2D eigenvalue weighted by Crippen LogP contribution is -2.40. The van der Waals surface area contributed by atoms with Gasteiger partial charge in [0.1, 0.15) is 11.6 Å². The van der Waals surface area contributed by atoms with Gasteiger partial charge in [-0.1, -0.05) is 58.4 Å². The van der Waals surface area contributed by atoms with Gasteiger partial charge in [-0.15, -0.1) is 0 Å². The van der Waals surface area contributed by atoms with Crippen LogP contribution in [0.25, 0.3) is 10.9 Å². The first-order chi connectivity index (χ1) is 15.5. The van der Waals surface area contributed by atoms with Gasteiger partial charge in [0.15, 0.2) is 6.10 Å². The van der Waals surface area contributed by atoms with Crippen LogP contribution in [-0.2, 0) is 17.9 Å². The second kappa shape index (κ2) is 9.78. The molecule has 7 heteroatoms. The molecule has 0 aliphatic carbocycles. The highest BCUT2D eigenvalue weighted by atomic mass is 79.9. The lowest BCUT2D eigenvalue weighted by molar-refractivity contribution is -0.139. The van der Waals surface area contributed by atoms with Crippen molar-refractivity contribution in [3.05, 3.63) is 105 Å². The maximum absolute atomic E-state index is 13.3. The molecule has 1 unspecified atom stereocenters. The number of rotatable bonds is 7. The highest BCUT2D eigenvalue weighted by molar-refractivity contribution is 9.10. The first-order valence-corrected chi connectivity index (χ1v) is 11.0. The van der Waals surface area contributed by atoms with Crippen LogP contribution in [0.1, 0.15) is 18.3 Å². The Hall–Kier alpha value is -3.45. The Labute approximate surface area is 194 Å². The molecule has 4 rings (SSSR count). The number of carbonyl (C=O) groups excluding carboxylic acids is 1. The second-order valence-electron chi connectivity index (χ2n) is 7.42. The van der Waals surface area contributed by atoms with Crippen LogP contribution in [0.3, 0.4) is 0 Å². The van der Waals surface area contributed by atoms with Crippen molar-refractivity contribution >= 4 is 32.7 Å². The fourth-order valence-corrected chi connectivity index (χ4v) is 3.70. The minimum Gasteiger partial charge on any atom is -0.481 e. The van der Waals surface area contributed by atoms with Crippen molar-refractivity contribution in [2.45, 2.75) is 26.1 Å². The Morgan fingerprint density at radius 1 is 1.00 bits per heavy atom. The zero-order valence-electron chi connectivity index (χ0n) is 17.5. The number of ether oxygens (including phenoxy) is 1. The molecule has 162 valence electrons. The van der Waals surface area contributed by atoms with Crippen molar-refractivity contribution < 1.29 is 9.53 Å². The van der Waals surface area contributed by atoms with Crippen molar-refractivity contribution in [1.29, 1.82) is 0 Å². The van der Waals surface area contributed by atoms with E-state index in [4.69, 9.17) is 4.74 Å². The third-order valence-corrected chi connectivity index (χ3v) is 5.53. The summed E-state index contributed by atoms with van der Waals surface area (Å²) < 4.78 is 6.81. The molecule has 0 aliphatic heterocycles. The predicted molar refractivity (Wildman–Crippen MR) is 127 cm³/mol. The number of hydrogen-bond acceptors (Lipinski definition) is 4. The van der Waals surface area contributed by atoms with Crippen LogP contribution < -0.4 is 10.3 Å². The Morgan fingerprint density at radius 2 is 1.69 bits per heavy atom. The monoisotopic (exact) mass is 491 g/mol. The van der Waals surface area contributed by atoms with E-state index in [1.807, 2.05) is 48.5 Å². The van der Waals surface area contributed by atoms with Gasteiger partial charge in [0.05, 0.1) is 17.4 Å². The molecule has 1 amide bonds. The van der Waals surface area contributed by atoms with E-state index in [0.29, 0.717) is 29.0 Å². The van der Waals surface area contributed by atoms with Gasteiger partial charge in [0.25, 0.3) is 11.5 Å². The average Bonchev–Trinajstić information content (AvgIpc) is 2.80. The van der Waals surface area contributed by atoms with E-state index in [9.17, 15) is 9.59 Å². The molecule has 0 fully saturated rings. The van der Waals surface area contributed by atoms with Crippen LogP contribution in [0.2, 0.25) is 0 Å². The van der Waals surface area contributed by atoms with E-state index in [1.54, 1.807) is 42.2 Å². The third-order valence-electron chi connectivity index (χ3n) is 5.00. The summed E-state index contributed by atoms with van der Waals surface area (Å²) in [6, 6.07) is 24.2. The van der Waals surface area contributed by atoms with E-state index < -0.39 is 6.10 Å². The first kappa shape index (κ1) is 21.8. The van der Waals surface area contributed by atoms with Crippen molar-refractivity contribution in [2.24, 2.45) is 0 Å². The largest absolute Gasteiger partial charge is 0.481 e. The zero-order chi connectivity index (χ0) is 22.5. The van der Waals surface area contributed by atoms with E-state index in [1.165, 1.54) is 0 Å². The number of H-pyrrole nitrogens is 1. The molecule has 0 saturated heterocycles. The SMILES string of the molecule is CC(Oc1ccc(Br)cc1)C(=O)N(Cc1ccccc1)Cc1nc2ccccc2c(=O)[nH]1. The number of para-hydroxylation sites is 1. The number of fused-ring (bicyclic) bond motifs is 1. The number of hydrogen-bond donors (Lipinski definition) is 1. The van der Waals surface area contributed by atoms with Crippen molar-refractivity contribution in [3.8, 4) is 5.75 Å². The number of benzene rings is 3. The third kappa shape index (κ3) is 5.23. The minimum absolute atomic E-state index is 0.155. The smallest absolute Gasteiger partial charge is 0.264 e. The maximum Gasteiger partial charge on any atom is 0.264 e. The molecule has 1 atom stereocenters. The summed E-state index contributed by atoms with van der Waals surface area (Å²) >= 11 is 3.39. The van der Waals surface area contributed by atoms with Crippen LogP contribution in [0.4, 0.5) is 0 Å². The van der Waals surface area contributed by atoms with Crippen LogP contribution in [0.5, 0.6) is 5.75 Å². The van der Waals surface area contributed by atoms with Crippen molar-refractivity contribution in [2.75, 3.05) is 0 Å². The molecule has 0 spiro atoms. The number of aromatic nitrogens is 2. The predicted octanol–water partition coefficient (Wildman–Crippen LogP) is 4.68. The van der Waals surface area contributed by atoms with Crippen LogP contribution >= 0.6 is 15.9 Å². The number of aromatic amines is 1. The van der Waals surface area contributed by atoms with Gasteiger partial charge < -0.3 is 14.6 Å². The quantitative estimate of drug-likeness (QED) is 0.407. The molecule has 6 nitrogen and oxygen atoms in total. The van der Waals surface area contributed by atoms with Gasteiger partial charge in [-0.05, 0) is 48.9 Å². The Balaban J connectivity index is 1.60. The van der Waals surface area contributed by atoms with Gasteiger partial charge in [0, 0.05) is 11.0 Å². The Kier molecular flexibility index (Phi) is 6.66. The Bertz CT molecular complexity index is 1270. The summed E-state index contributed by atoms with van der Waals surface area (Å²) in [7, 11) is 0. The molecule has 4 aromatic rings. The van der Waals surface area contributed by atoms with E-state index in [0.717, 1.165) is 10.0 Å². The summed E-state index contributed by atoms with van der Waals surface area (Å²) in [5.74, 6) is 0.826. The van der Waals surface area contributed by atoms with Crippen LogP contribution in [-0.4, -0.2) is 26.9 Å². The number of amides is 1. The molecule has 1 aromatic heterocycles. The van der Waals surface area contributed by atoms with Crippen molar-refractivity contribution in [1.82, 2.24) is 14.9 Å². The number of halogens is 1. The van der Waals surface area contributed by atoms with Crippen molar-refractivity contribution in [3.63, 3.8) is 0 Å². The molecule has 0 saturated carbocycles. The maximum atomic E-state index is 13.3. The van der Waals surface area contributed by atoms with Crippen LogP contribution in [0.15, 0.2) is 88.1 Å². The topological polar surface area (TPSA) is 75.3 Å². The fraction of sp³-hybridized carbons (Fsp3) is 0.160. The highest BCUT2D eigenvalue weighted by Crippen LogP contribution is 2.19. The number of nitrogens with one attached hydrogen (secondary N) is 1. The first-order valence-electron chi connectivity index (χ1n) is 10.2. The Morgan fingerprint density at radius 3 is 2.44 bits per heavy atom. The molecule has 1 heterocycles. The molecule has 3 aromatic carbocycles. The van der Waals surface area contributed by atoms with Gasteiger partial charge in [0.2, 0.25) is 0 Å². The molecule has 0 radical (unpaired) electrons. The standard InChI is InChI=1S/C25H22BrN3O3/c1-17(32-20-13-11-19(26)12-14-20)25(31)29(15-18-7-3-2-4-8-18)16-23-27-22-10-6-5-9-21(22)24(30)28-23/h2-14,17H,15-16H2,1H3,(H,27,28,30). The molecular weight excluding hydrogens is 470 g/mol. The molecule has 1 N–H and O–H groups in total. The van der Waals surface area contributed by atoms with Gasteiger partial charge in [-0.3, -0.25) is 9.59 Å². The van der Waals surface area contributed by atoms with E-state index in [2.05, 4.69) is 25.9 Å². The summed E-state index contributed by atoms with van der Waals surface area (Å²) in [6.45, 7) is 2.24. The summed E-state index contributed by atoms with van der Waals surface area (Å²) in [5.41, 5.74) is 1.34. The lowest BCUT2D eigenvalue weighted by atomic mass is 10.2. The van der Waals surface area contributed by atoms with Gasteiger partial charge in [-0.25, -0.2) is 4.98 Å². The molecule has 0 bridgehead atoms. The number of nitrogens with zero attached hydrogens (tertiary/aromatic N) is 2. The fourth-order valence-electron chi connectivity index (χ4n) is 3.43. The highest BCUT2D eigenvalue weighted by Gasteiger charge is 2.24. The molecule has 0 aliphatic rings. The van der Waals surface area contributed by atoms with E-state index >= 15 is 0 Å². The number of carbonyl (C=O) groups is 1. The zero-order valence-corrected chi connectivity index (χ0v) is 19.1. The minimum atomic E-state index is -0.716. The summed E-state index contributed by atoms with van der Waals surface area (Å²) in [6.07, 6.45) is -0.716. The lowest BCUT2D eigenvalue weighted by Gasteiger charge is -2.26. The second-order valence-corrected chi connectivity index (χ2v) is 8.34. The molecule has 32 heavy (non-hydrogen) atoms. The summed E-state index contributed by atoms with van der Waals surface area (Å²) in [5, 5.41) is 0.518. The van der Waals surface area contributed by atoms with E-state index in [-0.39, 0.29) is 18.0 Å². The van der Waals surface area contributed by atoms with Crippen LogP contribution in [0, 0.1) is 0 Å². The van der Waals surface area contributed by atoms with Gasteiger partial charge in [-0.2, -0.15) is 0 Å². The normalized spacial score (nSPS) is 11.8. The average molecular weight is 492 g/mol. The molecular formula is C25H22BrN3O3.